The van der Waals surface area contributed by atoms with E-state index < -0.39 is 0 Å². The van der Waals surface area contributed by atoms with Gasteiger partial charge in [0.15, 0.2) is 0 Å². The van der Waals surface area contributed by atoms with E-state index in [-0.39, 0.29) is 11.6 Å². The van der Waals surface area contributed by atoms with E-state index >= 15 is 0 Å². The average molecular weight is 260 g/mol. The van der Waals surface area contributed by atoms with Crippen LogP contribution in [-0.2, 0) is 6.54 Å². The van der Waals surface area contributed by atoms with E-state index in [2.05, 4.69) is 4.98 Å². The van der Waals surface area contributed by atoms with Gasteiger partial charge in [-0.3, -0.25) is 4.98 Å². The lowest BCUT2D eigenvalue weighted by Crippen LogP contribution is -2.22. The maximum Gasteiger partial charge on any atom is 0.138 e. The van der Waals surface area contributed by atoms with Gasteiger partial charge in [-0.15, -0.1) is 0 Å². The highest BCUT2D eigenvalue weighted by Crippen LogP contribution is 2.21. The molecule has 0 aliphatic heterocycles. The quantitative estimate of drug-likeness (QED) is 0.916. The van der Waals surface area contributed by atoms with Gasteiger partial charge in [0.1, 0.15) is 17.3 Å². The minimum atomic E-state index is -0.266. The first-order chi connectivity index (χ1) is 9.10. The van der Waals surface area contributed by atoms with Crippen LogP contribution in [0.25, 0.3) is 0 Å². The van der Waals surface area contributed by atoms with Crippen molar-refractivity contribution < 1.29 is 9.50 Å². The van der Waals surface area contributed by atoms with Crippen LogP contribution in [0.5, 0.6) is 5.75 Å². The monoisotopic (exact) mass is 260 g/mol. The van der Waals surface area contributed by atoms with E-state index in [1.54, 1.807) is 18.2 Å². The summed E-state index contributed by atoms with van der Waals surface area (Å²) in [5.41, 5.74) is 2.24. The van der Waals surface area contributed by atoms with Gasteiger partial charge in [0, 0.05) is 17.9 Å². The van der Waals surface area contributed by atoms with Crippen molar-refractivity contribution in [2.45, 2.75) is 20.4 Å². The fourth-order valence-electron chi connectivity index (χ4n) is 1.96. The number of hydrogen-bond donors (Lipinski definition) is 1. The number of benzene rings is 1. The highest BCUT2D eigenvalue weighted by molar-refractivity contribution is 5.47. The number of nitrogens with zero attached hydrogens (tertiary/aromatic N) is 2. The molecule has 1 heterocycles. The molecule has 1 aromatic heterocycles. The predicted octanol–water partition coefficient (Wildman–Crippen LogP) is 3.26. The molecule has 0 aliphatic rings. The number of aromatic nitrogens is 1. The average Bonchev–Trinajstić information content (AvgIpc) is 2.39. The smallest absolute Gasteiger partial charge is 0.138 e. The standard InChI is InChI=1S/C15H17FN2O/c1-3-18(13-6-4-5-12(16)9-13)10-14-15(19)8-7-11(2)17-14/h4-9,19H,3,10H2,1-2H3. The Balaban J connectivity index is 2.26. The molecule has 0 saturated carbocycles. The van der Waals surface area contributed by atoms with E-state index in [0.29, 0.717) is 18.8 Å². The molecular formula is C15H17FN2O. The van der Waals surface area contributed by atoms with Crippen LogP contribution in [0.3, 0.4) is 0 Å². The van der Waals surface area contributed by atoms with Gasteiger partial charge < -0.3 is 10.0 Å². The van der Waals surface area contributed by atoms with Crippen LogP contribution < -0.4 is 4.90 Å². The second-order valence-corrected chi connectivity index (χ2v) is 4.41. The lowest BCUT2D eigenvalue weighted by Gasteiger charge is -2.23. The molecule has 1 N–H and O–H groups in total. The molecule has 0 amide bonds. The number of hydrogen-bond acceptors (Lipinski definition) is 3. The van der Waals surface area contributed by atoms with Gasteiger partial charge in [0.05, 0.1) is 6.54 Å². The molecule has 2 aromatic rings. The third-order valence-corrected chi connectivity index (χ3v) is 2.99. The molecule has 4 heteroatoms. The summed E-state index contributed by atoms with van der Waals surface area (Å²) in [4.78, 5) is 6.29. The number of halogens is 1. The van der Waals surface area contributed by atoms with Crippen LogP contribution in [-0.4, -0.2) is 16.6 Å². The Morgan fingerprint density at radius 3 is 2.74 bits per heavy atom. The van der Waals surface area contributed by atoms with Crippen molar-refractivity contribution in [3.8, 4) is 5.75 Å². The van der Waals surface area contributed by atoms with E-state index in [4.69, 9.17) is 0 Å². The van der Waals surface area contributed by atoms with Crippen LogP contribution in [0.1, 0.15) is 18.3 Å². The highest BCUT2D eigenvalue weighted by atomic mass is 19.1. The van der Waals surface area contributed by atoms with Crippen LogP contribution >= 0.6 is 0 Å². The highest BCUT2D eigenvalue weighted by Gasteiger charge is 2.10. The molecule has 100 valence electrons. The summed E-state index contributed by atoms with van der Waals surface area (Å²) in [6.45, 7) is 5.02. The summed E-state index contributed by atoms with van der Waals surface area (Å²) in [6, 6.07) is 9.82. The van der Waals surface area contributed by atoms with Crippen molar-refractivity contribution in [1.82, 2.24) is 4.98 Å². The Morgan fingerprint density at radius 1 is 1.26 bits per heavy atom. The Kier molecular flexibility index (Phi) is 4.00. The van der Waals surface area contributed by atoms with Gasteiger partial charge in [-0.2, -0.15) is 0 Å². The van der Waals surface area contributed by atoms with Crippen molar-refractivity contribution in [3.63, 3.8) is 0 Å². The van der Waals surface area contributed by atoms with Crippen LogP contribution in [0.4, 0.5) is 10.1 Å². The second-order valence-electron chi connectivity index (χ2n) is 4.41. The predicted molar refractivity (Wildman–Crippen MR) is 73.8 cm³/mol. The van der Waals surface area contributed by atoms with E-state index in [1.165, 1.54) is 12.1 Å². The lowest BCUT2D eigenvalue weighted by molar-refractivity contribution is 0.462. The zero-order chi connectivity index (χ0) is 13.8. The third kappa shape index (κ3) is 3.22. The maximum absolute atomic E-state index is 13.3. The van der Waals surface area contributed by atoms with Crippen molar-refractivity contribution in [2.24, 2.45) is 0 Å². The summed E-state index contributed by atoms with van der Waals surface area (Å²) >= 11 is 0. The Bertz CT molecular complexity index is 572. The summed E-state index contributed by atoms with van der Waals surface area (Å²) in [7, 11) is 0. The molecular weight excluding hydrogens is 243 g/mol. The maximum atomic E-state index is 13.3. The minimum Gasteiger partial charge on any atom is -0.506 e. The summed E-state index contributed by atoms with van der Waals surface area (Å²) in [5, 5.41) is 9.82. The Hall–Kier alpha value is -2.10. The van der Waals surface area contributed by atoms with Gasteiger partial charge in [-0.25, -0.2) is 4.39 Å². The molecule has 0 spiro atoms. The van der Waals surface area contributed by atoms with E-state index in [1.807, 2.05) is 24.8 Å². The molecule has 0 fully saturated rings. The molecule has 0 saturated heterocycles. The first-order valence-corrected chi connectivity index (χ1v) is 6.26. The largest absolute Gasteiger partial charge is 0.506 e. The normalized spacial score (nSPS) is 10.5. The van der Waals surface area contributed by atoms with Crippen molar-refractivity contribution in [1.29, 1.82) is 0 Å². The molecule has 1 aromatic carbocycles. The topological polar surface area (TPSA) is 36.4 Å². The number of aryl methyl sites for hydroxylation is 1. The Labute approximate surface area is 112 Å². The fourth-order valence-corrected chi connectivity index (χ4v) is 1.96. The first kappa shape index (κ1) is 13.3. The lowest BCUT2D eigenvalue weighted by atomic mass is 10.2. The van der Waals surface area contributed by atoms with Crippen LogP contribution in [0, 0.1) is 12.7 Å². The van der Waals surface area contributed by atoms with Crippen molar-refractivity contribution >= 4 is 5.69 Å². The second kappa shape index (κ2) is 5.69. The number of rotatable bonds is 4. The van der Waals surface area contributed by atoms with Gasteiger partial charge in [0.25, 0.3) is 0 Å². The van der Waals surface area contributed by atoms with Gasteiger partial charge in [-0.05, 0) is 44.2 Å². The summed E-state index contributed by atoms with van der Waals surface area (Å²) in [5.74, 6) is -0.0992. The molecule has 2 rings (SSSR count). The third-order valence-electron chi connectivity index (χ3n) is 2.99. The molecule has 0 bridgehead atoms. The van der Waals surface area contributed by atoms with Gasteiger partial charge >= 0.3 is 0 Å². The van der Waals surface area contributed by atoms with Gasteiger partial charge in [0.2, 0.25) is 0 Å². The number of aromatic hydroxyl groups is 1. The van der Waals surface area contributed by atoms with Crippen LogP contribution in [0.15, 0.2) is 36.4 Å². The first-order valence-electron chi connectivity index (χ1n) is 6.26. The zero-order valence-electron chi connectivity index (χ0n) is 11.1. The van der Waals surface area contributed by atoms with Crippen molar-refractivity contribution in [2.75, 3.05) is 11.4 Å². The summed E-state index contributed by atoms with van der Waals surface area (Å²) in [6.07, 6.45) is 0. The van der Waals surface area contributed by atoms with Crippen molar-refractivity contribution in [3.05, 3.63) is 53.6 Å². The van der Waals surface area contributed by atoms with E-state index in [0.717, 1.165) is 11.4 Å². The minimum absolute atomic E-state index is 0.167. The molecule has 0 radical (unpaired) electrons. The number of pyridine rings is 1. The molecule has 0 unspecified atom stereocenters. The number of anilines is 1. The fraction of sp³-hybridized carbons (Fsp3) is 0.267. The summed E-state index contributed by atoms with van der Waals surface area (Å²) < 4.78 is 13.3. The SMILES string of the molecule is CCN(Cc1nc(C)ccc1O)c1cccc(F)c1. The molecule has 0 aliphatic carbocycles. The van der Waals surface area contributed by atoms with Crippen LogP contribution in [0.2, 0.25) is 0 Å². The molecule has 19 heavy (non-hydrogen) atoms. The van der Waals surface area contributed by atoms with Gasteiger partial charge in [-0.1, -0.05) is 6.07 Å². The Morgan fingerprint density at radius 2 is 2.05 bits per heavy atom. The van der Waals surface area contributed by atoms with E-state index in [9.17, 15) is 9.50 Å². The zero-order valence-corrected chi connectivity index (χ0v) is 11.1. The molecule has 3 nitrogen and oxygen atoms in total. The molecule has 0 atom stereocenters.